The van der Waals surface area contributed by atoms with Gasteiger partial charge in [0.1, 0.15) is 11.2 Å². The van der Waals surface area contributed by atoms with Crippen LogP contribution in [-0.4, -0.2) is 4.98 Å². The molecule has 2 heterocycles. The van der Waals surface area contributed by atoms with Crippen LogP contribution in [0.15, 0.2) is 95.5 Å². The van der Waals surface area contributed by atoms with Gasteiger partial charge in [-0.1, -0.05) is 86.0 Å². The average Bonchev–Trinajstić information content (AvgIpc) is 3.56. The van der Waals surface area contributed by atoms with Gasteiger partial charge in [0.15, 0.2) is 0 Å². The summed E-state index contributed by atoms with van der Waals surface area (Å²) in [6, 6.07) is 31.6. The van der Waals surface area contributed by atoms with Gasteiger partial charge in [0, 0.05) is 34.1 Å². The Kier molecular flexibility index (Phi) is 6.93. The molecule has 2 aromatic heterocycles. The maximum Gasteiger partial charge on any atom is 0.143 e. The fourth-order valence-electron chi connectivity index (χ4n) is 14.3. The summed E-state index contributed by atoms with van der Waals surface area (Å²) in [5.74, 6) is 11.0. The van der Waals surface area contributed by atoms with Crippen LogP contribution in [-0.2, 0) is 0 Å². The molecule has 0 N–H and O–H groups in total. The van der Waals surface area contributed by atoms with E-state index in [0.717, 1.165) is 70.3 Å². The number of nitrogens with zero attached hydrogens (tertiary/aromatic N) is 1. The Morgan fingerprint density at radius 2 is 1.20 bits per heavy atom. The molecular formula is C47H51NO. The molecule has 6 aliphatic rings. The number of para-hydroxylation sites is 2. The highest BCUT2D eigenvalue weighted by atomic mass is 16.3. The average molecular weight is 646 g/mol. The van der Waals surface area contributed by atoms with Crippen molar-refractivity contribution in [1.29, 1.82) is 0 Å². The van der Waals surface area contributed by atoms with Gasteiger partial charge in [-0.15, -0.1) is 0 Å². The quantitative estimate of drug-likeness (QED) is 0.195. The van der Waals surface area contributed by atoms with Gasteiger partial charge in [-0.05, 0) is 152 Å². The standard InChI is InChI=1S/C47H51NO/c1-2-13-34-33(12-1)37-16-9-17-38-40-25-29(21-22-35(40)42-27-31(43-19-5-6-23-48-43)26-41(34)46(42)45(37)38)28-10-7-11-30(24-28)32-15-8-18-39-36-14-3-4-20-44(36)49-47(32)39/h3-8,10-11,14-15,18-20,23-24,29,31,33-35,37-38,40-42,45-46H,1-2,9,12-13,16-17,21-22,25-27H2. The number of hydrogen-bond acceptors (Lipinski definition) is 2. The molecule has 0 saturated heterocycles. The molecule has 250 valence electrons. The SMILES string of the molecule is c1ccc(C2CC3C4CCCCC4C4CCCC5C6CC(c7cccc(-c8cccc9c8oc8ccccc89)c7)CCC6C(C2)C3C45)nc1. The zero-order valence-electron chi connectivity index (χ0n) is 28.9. The van der Waals surface area contributed by atoms with E-state index in [2.05, 4.69) is 91.1 Å². The molecule has 2 heteroatoms. The Labute approximate surface area is 292 Å². The minimum atomic E-state index is 0.669. The van der Waals surface area contributed by atoms with Crippen LogP contribution in [0.5, 0.6) is 0 Å². The number of hydrogen-bond donors (Lipinski definition) is 0. The van der Waals surface area contributed by atoms with E-state index in [1.165, 1.54) is 105 Å². The molecule has 12 unspecified atom stereocenters. The Hall–Kier alpha value is -3.39. The number of furan rings is 1. The number of benzene rings is 3. The molecule has 0 radical (unpaired) electrons. The van der Waals surface area contributed by atoms with E-state index < -0.39 is 0 Å². The van der Waals surface area contributed by atoms with Crippen molar-refractivity contribution in [2.24, 2.45) is 59.2 Å². The smallest absolute Gasteiger partial charge is 0.143 e. The molecular weight excluding hydrogens is 595 g/mol. The fourth-order valence-corrected chi connectivity index (χ4v) is 14.3. The summed E-state index contributed by atoms with van der Waals surface area (Å²) in [5, 5.41) is 2.44. The maximum atomic E-state index is 6.50. The number of rotatable bonds is 3. The summed E-state index contributed by atoms with van der Waals surface area (Å²) in [5.41, 5.74) is 7.54. The normalized spacial score (nSPS) is 38.0. The van der Waals surface area contributed by atoms with E-state index >= 15 is 0 Å². The molecule has 0 bridgehead atoms. The second kappa shape index (κ2) is 11.6. The largest absolute Gasteiger partial charge is 0.455 e. The molecule has 6 saturated carbocycles. The van der Waals surface area contributed by atoms with Gasteiger partial charge < -0.3 is 4.42 Å². The van der Waals surface area contributed by atoms with E-state index in [4.69, 9.17) is 9.40 Å². The van der Waals surface area contributed by atoms with Crippen molar-refractivity contribution in [2.75, 3.05) is 0 Å². The number of fused-ring (bicyclic) bond motifs is 9. The molecule has 11 rings (SSSR count). The van der Waals surface area contributed by atoms with Crippen molar-refractivity contribution in [3.05, 3.63) is 102 Å². The van der Waals surface area contributed by atoms with Crippen LogP contribution in [0.3, 0.4) is 0 Å². The van der Waals surface area contributed by atoms with Crippen LogP contribution >= 0.6 is 0 Å². The highest BCUT2D eigenvalue weighted by Crippen LogP contribution is 2.70. The van der Waals surface area contributed by atoms with Crippen LogP contribution in [0, 0.1) is 59.2 Å². The molecule has 6 aliphatic carbocycles. The minimum Gasteiger partial charge on any atom is -0.455 e. The molecule has 3 aromatic carbocycles. The lowest BCUT2D eigenvalue weighted by Gasteiger charge is -2.68. The third-order valence-corrected chi connectivity index (χ3v) is 15.8. The first-order valence-corrected chi connectivity index (χ1v) is 20.2. The van der Waals surface area contributed by atoms with Crippen LogP contribution in [0.1, 0.15) is 100 Å². The Morgan fingerprint density at radius 3 is 2.06 bits per heavy atom. The Bertz CT molecular complexity index is 1990. The third kappa shape index (κ3) is 4.54. The van der Waals surface area contributed by atoms with Crippen molar-refractivity contribution in [3.63, 3.8) is 0 Å². The highest BCUT2D eigenvalue weighted by molar-refractivity contribution is 6.09. The van der Waals surface area contributed by atoms with Crippen molar-refractivity contribution in [3.8, 4) is 11.1 Å². The highest BCUT2D eigenvalue weighted by Gasteiger charge is 2.63. The van der Waals surface area contributed by atoms with Crippen molar-refractivity contribution >= 4 is 21.9 Å². The second-order valence-electron chi connectivity index (χ2n) is 17.5. The molecule has 5 aromatic rings. The molecule has 0 aliphatic heterocycles. The van der Waals surface area contributed by atoms with Crippen molar-refractivity contribution in [1.82, 2.24) is 4.98 Å². The van der Waals surface area contributed by atoms with Gasteiger partial charge in [-0.2, -0.15) is 0 Å². The van der Waals surface area contributed by atoms with Gasteiger partial charge in [-0.25, -0.2) is 0 Å². The van der Waals surface area contributed by atoms with Gasteiger partial charge in [0.2, 0.25) is 0 Å². The Balaban J connectivity index is 0.948. The topological polar surface area (TPSA) is 26.0 Å². The summed E-state index contributed by atoms with van der Waals surface area (Å²) >= 11 is 0. The lowest BCUT2D eigenvalue weighted by Crippen LogP contribution is -2.62. The molecule has 0 amide bonds. The van der Waals surface area contributed by atoms with Gasteiger partial charge in [0.05, 0.1) is 0 Å². The van der Waals surface area contributed by atoms with Crippen molar-refractivity contribution in [2.45, 2.75) is 88.9 Å². The molecule has 6 fully saturated rings. The number of pyridine rings is 1. The number of aromatic nitrogens is 1. The van der Waals surface area contributed by atoms with Gasteiger partial charge >= 0.3 is 0 Å². The third-order valence-electron chi connectivity index (χ3n) is 15.8. The van der Waals surface area contributed by atoms with Crippen LogP contribution in [0.25, 0.3) is 33.1 Å². The molecule has 49 heavy (non-hydrogen) atoms. The summed E-state index contributed by atoms with van der Waals surface area (Å²) < 4.78 is 6.50. The summed E-state index contributed by atoms with van der Waals surface area (Å²) in [4.78, 5) is 5.02. The zero-order chi connectivity index (χ0) is 32.1. The van der Waals surface area contributed by atoms with E-state index in [1.54, 1.807) is 5.56 Å². The minimum absolute atomic E-state index is 0.669. The first kappa shape index (κ1) is 29.4. The predicted molar refractivity (Wildman–Crippen MR) is 199 cm³/mol. The zero-order valence-corrected chi connectivity index (χ0v) is 28.9. The lowest BCUT2D eigenvalue weighted by molar-refractivity contribution is -0.191. The first-order chi connectivity index (χ1) is 24.3. The lowest BCUT2D eigenvalue weighted by atomic mass is 9.37. The first-order valence-electron chi connectivity index (χ1n) is 20.2. The molecule has 12 atom stereocenters. The summed E-state index contributed by atoms with van der Waals surface area (Å²) in [6.07, 6.45) is 19.7. The predicted octanol–water partition coefficient (Wildman–Crippen LogP) is 12.4. The van der Waals surface area contributed by atoms with Crippen LogP contribution in [0.4, 0.5) is 0 Å². The van der Waals surface area contributed by atoms with Crippen LogP contribution < -0.4 is 0 Å². The van der Waals surface area contributed by atoms with Crippen molar-refractivity contribution < 1.29 is 4.42 Å². The second-order valence-corrected chi connectivity index (χ2v) is 17.5. The molecule has 0 spiro atoms. The monoisotopic (exact) mass is 645 g/mol. The maximum absolute atomic E-state index is 6.50. The fraction of sp³-hybridized carbons (Fsp3) is 0.511. The Morgan fingerprint density at radius 1 is 0.510 bits per heavy atom. The molecule has 2 nitrogen and oxygen atoms in total. The van der Waals surface area contributed by atoms with E-state index in [0.29, 0.717) is 11.8 Å². The van der Waals surface area contributed by atoms with E-state index in [9.17, 15) is 0 Å². The van der Waals surface area contributed by atoms with E-state index in [1.807, 2.05) is 0 Å². The summed E-state index contributed by atoms with van der Waals surface area (Å²) in [6.45, 7) is 0. The van der Waals surface area contributed by atoms with Gasteiger partial charge in [0.25, 0.3) is 0 Å². The summed E-state index contributed by atoms with van der Waals surface area (Å²) in [7, 11) is 0. The van der Waals surface area contributed by atoms with Gasteiger partial charge in [-0.3, -0.25) is 4.98 Å². The van der Waals surface area contributed by atoms with Crippen LogP contribution in [0.2, 0.25) is 0 Å². The van der Waals surface area contributed by atoms with E-state index in [-0.39, 0.29) is 0 Å².